The van der Waals surface area contributed by atoms with E-state index in [4.69, 9.17) is 4.98 Å². The molecule has 2 aromatic rings. The van der Waals surface area contributed by atoms with Gasteiger partial charge in [-0.2, -0.15) is 0 Å². The molecule has 158 valence electrons. The van der Waals surface area contributed by atoms with Crippen LogP contribution in [0.1, 0.15) is 81.3 Å². The van der Waals surface area contributed by atoms with Crippen LogP contribution in [0, 0.1) is 0 Å². The van der Waals surface area contributed by atoms with Crippen LogP contribution in [0.25, 0.3) is 0 Å². The molecule has 2 heterocycles. The van der Waals surface area contributed by atoms with Crippen LogP contribution in [-0.4, -0.2) is 28.7 Å². The molecule has 0 bridgehead atoms. The van der Waals surface area contributed by atoms with Gasteiger partial charge in [-0.15, -0.1) is 0 Å². The molecule has 0 saturated carbocycles. The lowest BCUT2D eigenvalue weighted by atomic mass is 9.92. The summed E-state index contributed by atoms with van der Waals surface area (Å²) >= 11 is 0. The first-order valence-electron chi connectivity index (χ1n) is 11.2. The number of hydrogen-bond donors (Lipinski definition) is 2. The fourth-order valence-electron chi connectivity index (χ4n) is 4.47. The van der Waals surface area contributed by atoms with Crippen molar-refractivity contribution >= 4 is 0 Å². The van der Waals surface area contributed by atoms with E-state index in [2.05, 4.69) is 36.6 Å². The number of nitrogens with zero attached hydrogens (tertiary/aromatic N) is 2. The molecule has 1 aromatic heterocycles. The zero-order valence-electron chi connectivity index (χ0n) is 18.2. The van der Waals surface area contributed by atoms with Crippen molar-refractivity contribution in [2.75, 3.05) is 13.1 Å². The number of hydrogen-bond acceptors (Lipinski definition) is 4. The van der Waals surface area contributed by atoms with Crippen molar-refractivity contribution in [2.24, 2.45) is 7.05 Å². The summed E-state index contributed by atoms with van der Waals surface area (Å²) in [5.74, 6) is 1.10. The fourth-order valence-corrected chi connectivity index (χ4v) is 4.47. The van der Waals surface area contributed by atoms with Gasteiger partial charge in [0.2, 0.25) is 0 Å². The van der Waals surface area contributed by atoms with E-state index in [0.717, 1.165) is 62.1 Å². The average Bonchev–Trinajstić information content (AvgIpc) is 2.75. The van der Waals surface area contributed by atoms with Crippen LogP contribution >= 0.6 is 0 Å². The Morgan fingerprint density at radius 1 is 1.21 bits per heavy atom. The minimum absolute atomic E-state index is 0.0938. The maximum absolute atomic E-state index is 13.3. The maximum atomic E-state index is 13.3. The Kier molecular flexibility index (Phi) is 8.01. The van der Waals surface area contributed by atoms with E-state index in [-0.39, 0.29) is 11.6 Å². The number of rotatable bonds is 9. The van der Waals surface area contributed by atoms with Crippen molar-refractivity contribution in [1.82, 2.24) is 20.2 Å². The monoisotopic (exact) mass is 396 g/mol. The second-order valence-corrected chi connectivity index (χ2v) is 8.26. The first kappa shape index (κ1) is 21.7. The van der Waals surface area contributed by atoms with Gasteiger partial charge in [-0.1, -0.05) is 57.0 Å². The standard InChI is InChI=1S/C24H36N4O/c1-4-10-18(11-5-2)21-17-26-23(28(3)24(21)29)22(19-12-7-6-8-13-19)27-20-14-9-15-25-16-20/h6-8,12-13,17-18,20,22,25,27H,4-5,9-11,14-16H2,1-3H3/t20?,22-/m0/s1. The molecule has 5 nitrogen and oxygen atoms in total. The lowest BCUT2D eigenvalue weighted by Crippen LogP contribution is -2.46. The average molecular weight is 397 g/mol. The Labute approximate surface area is 175 Å². The van der Waals surface area contributed by atoms with Crippen LogP contribution in [0.3, 0.4) is 0 Å². The molecule has 0 spiro atoms. The van der Waals surface area contributed by atoms with E-state index >= 15 is 0 Å². The molecule has 29 heavy (non-hydrogen) atoms. The molecule has 0 amide bonds. The lowest BCUT2D eigenvalue weighted by molar-refractivity contribution is 0.360. The van der Waals surface area contributed by atoms with E-state index in [1.54, 1.807) is 4.57 Å². The first-order valence-corrected chi connectivity index (χ1v) is 11.2. The Morgan fingerprint density at radius 2 is 1.93 bits per heavy atom. The Balaban J connectivity index is 1.96. The smallest absolute Gasteiger partial charge is 0.256 e. The predicted octanol–water partition coefficient (Wildman–Crippen LogP) is 3.90. The second kappa shape index (κ2) is 10.7. The van der Waals surface area contributed by atoms with Crippen LogP contribution in [0.2, 0.25) is 0 Å². The highest BCUT2D eigenvalue weighted by atomic mass is 16.1. The van der Waals surface area contributed by atoms with E-state index < -0.39 is 0 Å². The second-order valence-electron chi connectivity index (χ2n) is 8.26. The highest BCUT2D eigenvalue weighted by molar-refractivity contribution is 5.26. The fraction of sp³-hybridized carbons (Fsp3) is 0.583. The third-order valence-corrected chi connectivity index (χ3v) is 6.04. The van der Waals surface area contributed by atoms with E-state index in [9.17, 15) is 4.79 Å². The van der Waals surface area contributed by atoms with E-state index in [0.29, 0.717) is 12.0 Å². The van der Waals surface area contributed by atoms with Crippen molar-refractivity contribution in [1.29, 1.82) is 0 Å². The zero-order valence-corrected chi connectivity index (χ0v) is 18.2. The van der Waals surface area contributed by atoms with Crippen LogP contribution in [0.15, 0.2) is 41.3 Å². The number of piperidine rings is 1. The molecule has 0 aliphatic carbocycles. The van der Waals surface area contributed by atoms with Gasteiger partial charge in [0.15, 0.2) is 0 Å². The summed E-state index contributed by atoms with van der Waals surface area (Å²) in [7, 11) is 1.87. The van der Waals surface area contributed by atoms with Gasteiger partial charge in [0.25, 0.3) is 5.56 Å². The van der Waals surface area contributed by atoms with Gasteiger partial charge in [-0.3, -0.25) is 14.7 Å². The largest absolute Gasteiger partial charge is 0.315 e. The molecule has 1 unspecified atom stereocenters. The molecule has 3 rings (SSSR count). The van der Waals surface area contributed by atoms with Crippen molar-refractivity contribution in [3.63, 3.8) is 0 Å². The molecule has 1 aliphatic rings. The molecular weight excluding hydrogens is 360 g/mol. The molecule has 1 aliphatic heterocycles. The van der Waals surface area contributed by atoms with Gasteiger partial charge in [0.05, 0.1) is 6.04 Å². The molecule has 0 radical (unpaired) electrons. The van der Waals surface area contributed by atoms with Gasteiger partial charge in [-0.05, 0) is 43.7 Å². The molecule has 5 heteroatoms. The van der Waals surface area contributed by atoms with Crippen molar-refractivity contribution in [3.05, 3.63) is 63.8 Å². The lowest BCUT2D eigenvalue weighted by Gasteiger charge is -2.30. The topological polar surface area (TPSA) is 59.0 Å². The van der Waals surface area contributed by atoms with Gasteiger partial charge < -0.3 is 5.32 Å². The van der Waals surface area contributed by atoms with Crippen molar-refractivity contribution < 1.29 is 0 Å². The third-order valence-electron chi connectivity index (χ3n) is 6.04. The SMILES string of the molecule is CCCC(CCC)c1cnc([C@@H](NC2CCCNC2)c2ccccc2)n(C)c1=O. The molecule has 2 atom stereocenters. The van der Waals surface area contributed by atoms with Crippen LogP contribution in [0.5, 0.6) is 0 Å². The minimum Gasteiger partial charge on any atom is -0.315 e. The van der Waals surface area contributed by atoms with Crippen LogP contribution in [0.4, 0.5) is 0 Å². The number of nitrogens with one attached hydrogen (secondary N) is 2. The normalized spacial score (nSPS) is 18.1. The number of aromatic nitrogens is 2. The summed E-state index contributed by atoms with van der Waals surface area (Å²) in [6.45, 7) is 6.39. The summed E-state index contributed by atoms with van der Waals surface area (Å²) in [6.07, 6.45) is 8.40. The van der Waals surface area contributed by atoms with E-state index in [1.165, 1.54) is 6.42 Å². The summed E-state index contributed by atoms with van der Waals surface area (Å²) in [5, 5.41) is 7.24. The van der Waals surface area contributed by atoms with Crippen LogP contribution in [-0.2, 0) is 7.05 Å². The van der Waals surface area contributed by atoms with E-state index in [1.807, 2.05) is 31.4 Å². The van der Waals surface area contributed by atoms with Gasteiger partial charge in [0, 0.05) is 31.4 Å². The summed E-state index contributed by atoms with van der Waals surface area (Å²) in [6, 6.07) is 10.6. The molecule has 1 fully saturated rings. The van der Waals surface area contributed by atoms with Gasteiger partial charge in [0.1, 0.15) is 5.82 Å². The summed E-state index contributed by atoms with van der Waals surface area (Å²) in [4.78, 5) is 18.1. The number of benzene rings is 1. The van der Waals surface area contributed by atoms with Crippen LogP contribution < -0.4 is 16.2 Å². The quantitative estimate of drug-likeness (QED) is 0.675. The zero-order chi connectivity index (χ0) is 20.6. The summed E-state index contributed by atoms with van der Waals surface area (Å²) in [5.41, 5.74) is 2.12. The first-order chi connectivity index (χ1) is 14.2. The Morgan fingerprint density at radius 3 is 2.55 bits per heavy atom. The molecule has 1 aromatic carbocycles. The highest BCUT2D eigenvalue weighted by Crippen LogP contribution is 2.26. The minimum atomic E-state index is -0.0938. The molecule has 1 saturated heterocycles. The molecule has 2 N–H and O–H groups in total. The highest BCUT2D eigenvalue weighted by Gasteiger charge is 2.25. The predicted molar refractivity (Wildman–Crippen MR) is 119 cm³/mol. The summed E-state index contributed by atoms with van der Waals surface area (Å²) < 4.78 is 1.77. The van der Waals surface area contributed by atoms with Crippen molar-refractivity contribution in [2.45, 2.75) is 70.4 Å². The van der Waals surface area contributed by atoms with Crippen molar-refractivity contribution in [3.8, 4) is 0 Å². The maximum Gasteiger partial charge on any atom is 0.256 e. The third kappa shape index (κ3) is 5.34. The van der Waals surface area contributed by atoms with Gasteiger partial charge in [-0.25, -0.2) is 4.98 Å². The molecular formula is C24H36N4O. The Hall–Kier alpha value is -1.98. The van der Waals surface area contributed by atoms with Gasteiger partial charge >= 0.3 is 0 Å². The Bertz CT molecular complexity index is 805.